The molecule has 2 aromatic rings. The molecular formula is C19H26N2O. The molecule has 0 radical (unpaired) electrons. The summed E-state index contributed by atoms with van der Waals surface area (Å²) in [6, 6.07) is 4.36. The van der Waals surface area contributed by atoms with Gasteiger partial charge < -0.3 is 9.51 Å². The Morgan fingerprint density at radius 2 is 2.05 bits per heavy atom. The van der Waals surface area contributed by atoms with Gasteiger partial charge in [0.05, 0.1) is 29.8 Å². The van der Waals surface area contributed by atoms with Gasteiger partial charge in [0.15, 0.2) is 0 Å². The summed E-state index contributed by atoms with van der Waals surface area (Å²) in [6.07, 6.45) is 9.72. The molecule has 4 rings (SSSR count). The first-order chi connectivity index (χ1) is 10.6. The second kappa shape index (κ2) is 5.38. The van der Waals surface area contributed by atoms with Crippen molar-refractivity contribution < 1.29 is 5.11 Å². The molecule has 0 amide bonds. The summed E-state index contributed by atoms with van der Waals surface area (Å²) in [7, 11) is 0. The molecule has 0 spiro atoms. The number of aromatic nitrogens is 2. The van der Waals surface area contributed by atoms with E-state index < -0.39 is 0 Å². The first kappa shape index (κ1) is 14.3. The number of hydrogen-bond donors (Lipinski definition) is 1. The fraction of sp³-hybridized carbons (Fsp3) is 0.632. The van der Waals surface area contributed by atoms with E-state index in [1.54, 1.807) is 0 Å². The van der Waals surface area contributed by atoms with Gasteiger partial charge in [0, 0.05) is 0 Å². The smallest absolute Gasteiger partial charge is 0.0995 e. The molecule has 3 nitrogen and oxygen atoms in total. The van der Waals surface area contributed by atoms with Crippen molar-refractivity contribution in [2.24, 2.45) is 17.8 Å². The Morgan fingerprint density at radius 1 is 1.23 bits per heavy atom. The molecule has 0 aromatic carbocycles. The SMILES string of the molecule is CC1CCC(C(C)C(O)c2c(C3CC3)ccc3cncn23)C1. The summed E-state index contributed by atoms with van der Waals surface area (Å²) in [6.45, 7) is 4.57. The van der Waals surface area contributed by atoms with Crippen LogP contribution in [0.4, 0.5) is 0 Å². The van der Waals surface area contributed by atoms with Crippen LogP contribution in [-0.4, -0.2) is 14.5 Å². The Hall–Kier alpha value is -1.35. The van der Waals surface area contributed by atoms with Crippen LogP contribution < -0.4 is 0 Å². The van der Waals surface area contributed by atoms with E-state index in [2.05, 4.69) is 35.4 Å². The minimum absolute atomic E-state index is 0.315. The van der Waals surface area contributed by atoms with Crippen LogP contribution in [0.2, 0.25) is 0 Å². The topological polar surface area (TPSA) is 37.5 Å². The number of pyridine rings is 1. The van der Waals surface area contributed by atoms with Gasteiger partial charge in [-0.3, -0.25) is 0 Å². The molecule has 2 heterocycles. The van der Waals surface area contributed by atoms with Crippen LogP contribution in [0.25, 0.3) is 5.52 Å². The average Bonchev–Trinajstić information content (AvgIpc) is 3.09. The van der Waals surface area contributed by atoms with Gasteiger partial charge in [0.1, 0.15) is 0 Å². The molecule has 118 valence electrons. The molecule has 2 fully saturated rings. The molecule has 2 aromatic heterocycles. The lowest BCUT2D eigenvalue weighted by molar-refractivity contribution is 0.0772. The van der Waals surface area contributed by atoms with Gasteiger partial charge in [-0.15, -0.1) is 0 Å². The zero-order valence-corrected chi connectivity index (χ0v) is 13.6. The first-order valence-corrected chi connectivity index (χ1v) is 8.78. The summed E-state index contributed by atoms with van der Waals surface area (Å²) in [5.41, 5.74) is 3.53. The highest BCUT2D eigenvalue weighted by Crippen LogP contribution is 2.46. The van der Waals surface area contributed by atoms with E-state index in [0.717, 1.165) is 17.1 Å². The van der Waals surface area contributed by atoms with Gasteiger partial charge in [0.25, 0.3) is 0 Å². The highest BCUT2D eigenvalue weighted by Gasteiger charge is 2.35. The fourth-order valence-electron chi connectivity index (χ4n) is 4.32. The third-order valence-corrected chi connectivity index (χ3v) is 5.93. The first-order valence-electron chi connectivity index (χ1n) is 8.78. The number of aliphatic hydroxyl groups excluding tert-OH is 1. The maximum Gasteiger partial charge on any atom is 0.0995 e. The molecule has 2 saturated carbocycles. The molecule has 4 atom stereocenters. The predicted molar refractivity (Wildman–Crippen MR) is 87.8 cm³/mol. The van der Waals surface area contributed by atoms with E-state index >= 15 is 0 Å². The summed E-state index contributed by atoms with van der Waals surface area (Å²) in [5, 5.41) is 11.2. The minimum Gasteiger partial charge on any atom is -0.387 e. The second-order valence-electron chi connectivity index (χ2n) is 7.62. The van der Waals surface area contributed by atoms with Crippen molar-refractivity contribution in [3.63, 3.8) is 0 Å². The van der Waals surface area contributed by atoms with Crippen molar-refractivity contribution in [2.75, 3.05) is 0 Å². The molecule has 0 bridgehead atoms. The summed E-state index contributed by atoms with van der Waals surface area (Å²) >= 11 is 0. The van der Waals surface area contributed by atoms with Crippen molar-refractivity contribution in [1.29, 1.82) is 0 Å². The summed E-state index contributed by atoms with van der Waals surface area (Å²) in [4.78, 5) is 4.29. The van der Waals surface area contributed by atoms with Crippen LogP contribution in [0.1, 0.15) is 69.2 Å². The van der Waals surface area contributed by atoms with E-state index in [1.165, 1.54) is 37.7 Å². The van der Waals surface area contributed by atoms with Gasteiger partial charge in [-0.05, 0) is 61.0 Å². The van der Waals surface area contributed by atoms with Crippen LogP contribution in [0.15, 0.2) is 24.7 Å². The number of nitrogens with zero attached hydrogens (tertiary/aromatic N) is 2. The zero-order chi connectivity index (χ0) is 15.3. The Labute approximate surface area is 132 Å². The van der Waals surface area contributed by atoms with E-state index in [9.17, 15) is 5.11 Å². The largest absolute Gasteiger partial charge is 0.387 e. The molecule has 4 unspecified atom stereocenters. The number of aliphatic hydroxyl groups is 1. The second-order valence-corrected chi connectivity index (χ2v) is 7.62. The van der Waals surface area contributed by atoms with Gasteiger partial charge in [-0.1, -0.05) is 26.3 Å². The van der Waals surface area contributed by atoms with Crippen LogP contribution in [0.3, 0.4) is 0 Å². The third-order valence-electron chi connectivity index (χ3n) is 5.93. The maximum atomic E-state index is 11.2. The Kier molecular flexibility index (Phi) is 3.48. The number of fused-ring (bicyclic) bond motifs is 1. The third kappa shape index (κ3) is 2.36. The highest BCUT2D eigenvalue weighted by atomic mass is 16.3. The molecular weight excluding hydrogens is 272 g/mol. The van der Waals surface area contributed by atoms with Crippen molar-refractivity contribution in [3.8, 4) is 0 Å². The van der Waals surface area contributed by atoms with E-state index in [4.69, 9.17) is 0 Å². The minimum atomic E-state index is -0.385. The number of rotatable bonds is 4. The van der Waals surface area contributed by atoms with Gasteiger partial charge in [0.2, 0.25) is 0 Å². The Bertz CT molecular complexity index is 673. The fourth-order valence-corrected chi connectivity index (χ4v) is 4.32. The average molecular weight is 298 g/mol. The van der Waals surface area contributed by atoms with Crippen LogP contribution in [0.5, 0.6) is 0 Å². The van der Waals surface area contributed by atoms with Crippen molar-refractivity contribution >= 4 is 5.52 Å². The normalized spacial score (nSPS) is 28.1. The van der Waals surface area contributed by atoms with E-state index in [1.807, 2.05) is 12.5 Å². The number of hydrogen-bond acceptors (Lipinski definition) is 2. The molecule has 0 saturated heterocycles. The number of imidazole rings is 1. The Morgan fingerprint density at radius 3 is 2.73 bits per heavy atom. The summed E-state index contributed by atoms with van der Waals surface area (Å²) in [5.74, 6) is 2.42. The van der Waals surface area contributed by atoms with Crippen LogP contribution in [0, 0.1) is 17.8 Å². The van der Waals surface area contributed by atoms with Gasteiger partial charge in [-0.2, -0.15) is 0 Å². The predicted octanol–water partition coefficient (Wildman–Crippen LogP) is 4.32. The lowest BCUT2D eigenvalue weighted by atomic mass is 9.84. The van der Waals surface area contributed by atoms with Crippen molar-refractivity contribution in [2.45, 2.75) is 58.0 Å². The Balaban J connectivity index is 1.72. The molecule has 0 aliphatic heterocycles. The maximum absolute atomic E-state index is 11.2. The molecule has 3 heteroatoms. The van der Waals surface area contributed by atoms with Crippen molar-refractivity contribution in [3.05, 3.63) is 35.9 Å². The molecule has 1 N–H and O–H groups in total. The lowest BCUT2D eigenvalue weighted by Gasteiger charge is -2.27. The van der Waals surface area contributed by atoms with Crippen LogP contribution in [-0.2, 0) is 0 Å². The van der Waals surface area contributed by atoms with Crippen LogP contribution >= 0.6 is 0 Å². The standard InChI is InChI=1S/C19H26N2O/c1-12-3-4-15(9-12)13(2)19(22)18-17(14-5-6-14)8-7-16-10-20-11-21(16)18/h7-8,10-15,19,22H,3-6,9H2,1-2H3. The van der Waals surface area contributed by atoms with E-state index in [-0.39, 0.29) is 6.10 Å². The van der Waals surface area contributed by atoms with Gasteiger partial charge in [-0.25, -0.2) is 4.98 Å². The highest BCUT2D eigenvalue weighted by molar-refractivity contribution is 5.50. The molecule has 22 heavy (non-hydrogen) atoms. The molecule has 2 aliphatic carbocycles. The van der Waals surface area contributed by atoms with Crippen molar-refractivity contribution in [1.82, 2.24) is 9.38 Å². The zero-order valence-electron chi connectivity index (χ0n) is 13.6. The molecule has 2 aliphatic rings. The quantitative estimate of drug-likeness (QED) is 0.913. The summed E-state index contributed by atoms with van der Waals surface area (Å²) < 4.78 is 2.12. The monoisotopic (exact) mass is 298 g/mol. The van der Waals surface area contributed by atoms with E-state index in [0.29, 0.717) is 17.8 Å². The lowest BCUT2D eigenvalue weighted by Crippen LogP contribution is -2.21. The van der Waals surface area contributed by atoms with Gasteiger partial charge >= 0.3 is 0 Å².